The normalized spacial score (nSPS) is 11.2. The molecule has 0 aliphatic rings. The van der Waals surface area contributed by atoms with Gasteiger partial charge in [-0.05, 0) is 17.7 Å². The maximum atomic E-state index is 13.6. The van der Waals surface area contributed by atoms with Crippen molar-refractivity contribution < 1.29 is 9.18 Å². The Morgan fingerprint density at radius 3 is 2.44 bits per heavy atom. The Kier molecular flexibility index (Phi) is 8.26. The van der Waals surface area contributed by atoms with Gasteiger partial charge >= 0.3 is 0 Å². The third-order valence-corrected chi connectivity index (χ3v) is 4.82. The van der Waals surface area contributed by atoms with Crippen molar-refractivity contribution in [1.29, 1.82) is 0 Å². The quantitative estimate of drug-likeness (QED) is 0.519. The highest BCUT2D eigenvalue weighted by atomic mass is 79.9. The molecule has 0 unspecified atom stereocenters. The summed E-state index contributed by atoms with van der Waals surface area (Å²) in [4.78, 5) is 18.1. The summed E-state index contributed by atoms with van der Waals surface area (Å²) in [7, 11) is 3.42. The van der Waals surface area contributed by atoms with Crippen molar-refractivity contribution in [2.45, 2.75) is 19.5 Å². The minimum atomic E-state index is -0.260. The lowest BCUT2D eigenvalue weighted by Crippen LogP contribution is -2.39. The summed E-state index contributed by atoms with van der Waals surface area (Å²) in [5.74, 6) is 0.298. The van der Waals surface area contributed by atoms with Crippen molar-refractivity contribution in [2.75, 3.05) is 20.6 Å². The monoisotopic (exact) mass is 434 g/mol. The van der Waals surface area contributed by atoms with Crippen LogP contribution in [0.25, 0.3) is 0 Å². The first kappa shape index (κ1) is 20.9. The van der Waals surface area contributed by atoms with Gasteiger partial charge in [0.25, 0.3) is 0 Å². The Morgan fingerprint density at radius 2 is 1.78 bits per heavy atom. The molecule has 0 saturated heterocycles. The van der Waals surface area contributed by atoms with Gasteiger partial charge in [0, 0.05) is 50.2 Å². The van der Waals surface area contributed by atoms with Gasteiger partial charge in [0.2, 0.25) is 5.91 Å². The van der Waals surface area contributed by atoms with Crippen molar-refractivity contribution in [1.82, 2.24) is 15.5 Å². The number of halogens is 2. The number of nitrogens with one attached hydrogen (secondary N) is 2. The summed E-state index contributed by atoms with van der Waals surface area (Å²) >= 11 is 3.50. The molecule has 144 valence electrons. The zero-order valence-corrected chi connectivity index (χ0v) is 17.1. The van der Waals surface area contributed by atoms with E-state index in [1.165, 1.54) is 6.07 Å². The second-order valence-electron chi connectivity index (χ2n) is 6.04. The first-order valence-corrected chi connectivity index (χ1v) is 9.46. The van der Waals surface area contributed by atoms with E-state index in [1.54, 1.807) is 37.2 Å². The van der Waals surface area contributed by atoms with E-state index in [0.29, 0.717) is 37.6 Å². The summed E-state index contributed by atoms with van der Waals surface area (Å²) in [6, 6.07) is 14.4. The van der Waals surface area contributed by atoms with Crippen LogP contribution in [0.5, 0.6) is 0 Å². The number of hydrogen-bond acceptors (Lipinski definition) is 2. The maximum absolute atomic E-state index is 13.6. The molecule has 0 aliphatic heterocycles. The molecule has 0 atom stereocenters. The molecule has 2 rings (SSSR count). The largest absolute Gasteiger partial charge is 0.356 e. The van der Waals surface area contributed by atoms with Crippen molar-refractivity contribution in [2.24, 2.45) is 4.99 Å². The van der Waals surface area contributed by atoms with E-state index in [-0.39, 0.29) is 11.7 Å². The molecule has 0 spiro atoms. The number of benzene rings is 2. The smallest absolute Gasteiger partial charge is 0.224 e. The molecule has 0 heterocycles. The van der Waals surface area contributed by atoms with Crippen LogP contribution >= 0.6 is 15.9 Å². The van der Waals surface area contributed by atoms with Crippen LogP contribution in [0.15, 0.2) is 58.0 Å². The minimum Gasteiger partial charge on any atom is -0.356 e. The zero-order chi connectivity index (χ0) is 19.6. The second kappa shape index (κ2) is 10.7. The number of carbonyl (C=O) groups excluding carboxylic acids is 1. The molecule has 2 aromatic rings. The molecule has 1 amide bonds. The lowest BCUT2D eigenvalue weighted by atomic mass is 10.2. The van der Waals surface area contributed by atoms with E-state index in [0.717, 1.165) is 10.0 Å². The molecule has 2 N–H and O–H groups in total. The van der Waals surface area contributed by atoms with Gasteiger partial charge in [-0.15, -0.1) is 0 Å². The van der Waals surface area contributed by atoms with Crippen molar-refractivity contribution >= 4 is 27.8 Å². The van der Waals surface area contributed by atoms with Gasteiger partial charge in [-0.3, -0.25) is 9.79 Å². The van der Waals surface area contributed by atoms with E-state index in [9.17, 15) is 9.18 Å². The van der Waals surface area contributed by atoms with E-state index in [4.69, 9.17) is 0 Å². The van der Waals surface area contributed by atoms with Crippen molar-refractivity contribution in [3.05, 3.63) is 69.9 Å². The fourth-order valence-corrected chi connectivity index (χ4v) is 2.90. The molecular formula is C20H24BrFN4O. The number of aliphatic imine (C=N–C) groups is 1. The number of amides is 1. The Balaban J connectivity index is 1.75. The molecule has 7 heteroatoms. The van der Waals surface area contributed by atoms with Crippen LogP contribution in [-0.4, -0.2) is 37.4 Å². The standard InChI is InChI=1S/C20H24BrFN4O/c1-23-20(25-13-15-7-4-6-10-18(15)22)24-12-11-19(27)26(2)14-16-8-3-5-9-17(16)21/h3-10H,11-14H2,1-2H3,(H2,23,24,25). The Morgan fingerprint density at radius 1 is 1.11 bits per heavy atom. The molecule has 0 aliphatic carbocycles. The number of hydrogen-bond donors (Lipinski definition) is 2. The van der Waals surface area contributed by atoms with Gasteiger partial charge in [-0.25, -0.2) is 4.39 Å². The molecule has 0 radical (unpaired) electrons. The molecule has 0 bridgehead atoms. The van der Waals surface area contributed by atoms with Gasteiger partial charge < -0.3 is 15.5 Å². The fourth-order valence-electron chi connectivity index (χ4n) is 2.49. The summed E-state index contributed by atoms with van der Waals surface area (Å²) in [6.07, 6.45) is 0.335. The van der Waals surface area contributed by atoms with Crippen molar-refractivity contribution in [3.63, 3.8) is 0 Å². The van der Waals surface area contributed by atoms with Crippen LogP contribution in [0.1, 0.15) is 17.5 Å². The van der Waals surface area contributed by atoms with E-state index < -0.39 is 0 Å². The molecule has 0 aromatic heterocycles. The third kappa shape index (κ3) is 6.67. The van der Waals surface area contributed by atoms with Crippen LogP contribution in [-0.2, 0) is 17.9 Å². The highest BCUT2D eigenvalue weighted by molar-refractivity contribution is 9.10. The summed E-state index contributed by atoms with van der Waals surface area (Å²) in [5, 5.41) is 6.12. The predicted molar refractivity (Wildman–Crippen MR) is 110 cm³/mol. The fraction of sp³-hybridized carbons (Fsp3) is 0.300. The first-order chi connectivity index (χ1) is 13.0. The predicted octanol–water partition coefficient (Wildman–Crippen LogP) is 3.30. The molecule has 2 aromatic carbocycles. The molecule has 5 nitrogen and oxygen atoms in total. The molecular weight excluding hydrogens is 411 g/mol. The average Bonchev–Trinajstić information content (AvgIpc) is 2.67. The lowest BCUT2D eigenvalue weighted by Gasteiger charge is -2.19. The van der Waals surface area contributed by atoms with Crippen LogP contribution in [0.4, 0.5) is 4.39 Å². The number of guanidine groups is 1. The van der Waals surface area contributed by atoms with Gasteiger partial charge in [0.05, 0.1) is 0 Å². The number of rotatable bonds is 7. The van der Waals surface area contributed by atoms with Crippen LogP contribution in [0.3, 0.4) is 0 Å². The minimum absolute atomic E-state index is 0.0304. The van der Waals surface area contributed by atoms with Crippen LogP contribution in [0, 0.1) is 5.82 Å². The zero-order valence-electron chi connectivity index (χ0n) is 15.5. The van der Waals surface area contributed by atoms with Gasteiger partial charge in [-0.1, -0.05) is 52.3 Å². The van der Waals surface area contributed by atoms with Gasteiger partial charge in [0.1, 0.15) is 5.82 Å². The van der Waals surface area contributed by atoms with E-state index >= 15 is 0 Å². The van der Waals surface area contributed by atoms with Crippen molar-refractivity contribution in [3.8, 4) is 0 Å². The summed E-state index contributed by atoms with van der Waals surface area (Å²) < 4.78 is 14.6. The van der Waals surface area contributed by atoms with Gasteiger partial charge in [-0.2, -0.15) is 0 Å². The summed E-state index contributed by atoms with van der Waals surface area (Å²) in [5.41, 5.74) is 1.62. The molecule has 0 saturated carbocycles. The number of carbonyl (C=O) groups is 1. The maximum Gasteiger partial charge on any atom is 0.224 e. The van der Waals surface area contributed by atoms with E-state index in [2.05, 4.69) is 31.6 Å². The van der Waals surface area contributed by atoms with E-state index in [1.807, 2.05) is 24.3 Å². The van der Waals surface area contributed by atoms with Crippen LogP contribution < -0.4 is 10.6 Å². The molecule has 27 heavy (non-hydrogen) atoms. The van der Waals surface area contributed by atoms with Crippen LogP contribution in [0.2, 0.25) is 0 Å². The highest BCUT2D eigenvalue weighted by Gasteiger charge is 2.11. The first-order valence-electron chi connectivity index (χ1n) is 8.66. The molecule has 0 fully saturated rings. The lowest BCUT2D eigenvalue weighted by molar-refractivity contribution is -0.130. The second-order valence-corrected chi connectivity index (χ2v) is 6.89. The Labute approximate surface area is 167 Å². The SMILES string of the molecule is CN=C(NCCC(=O)N(C)Cc1ccccc1Br)NCc1ccccc1F. The Hall–Kier alpha value is -2.41. The Bertz CT molecular complexity index is 797. The third-order valence-electron chi connectivity index (χ3n) is 4.05. The average molecular weight is 435 g/mol. The summed E-state index contributed by atoms with van der Waals surface area (Å²) in [6.45, 7) is 1.30. The van der Waals surface area contributed by atoms with Gasteiger partial charge in [0.15, 0.2) is 5.96 Å². The highest BCUT2D eigenvalue weighted by Crippen LogP contribution is 2.17. The topological polar surface area (TPSA) is 56.7 Å². The number of nitrogens with zero attached hydrogens (tertiary/aromatic N) is 2.